The first kappa shape index (κ1) is 17.2. The zero-order valence-corrected chi connectivity index (χ0v) is 14.8. The first-order valence-electron chi connectivity index (χ1n) is 7.27. The minimum Gasteiger partial charge on any atom is -0.437 e. The van der Waals surface area contributed by atoms with Crippen LogP contribution in [0.2, 0.25) is 5.02 Å². The summed E-state index contributed by atoms with van der Waals surface area (Å²) >= 11 is 6.06. The van der Waals surface area contributed by atoms with Gasteiger partial charge in [-0.2, -0.15) is 0 Å². The quantitative estimate of drug-likeness (QED) is 0.728. The molecule has 0 spiro atoms. The fourth-order valence-electron chi connectivity index (χ4n) is 2.12. The van der Waals surface area contributed by atoms with Crippen LogP contribution < -0.4 is 9.46 Å². The lowest BCUT2D eigenvalue weighted by Crippen LogP contribution is -2.13. The summed E-state index contributed by atoms with van der Waals surface area (Å²) in [4.78, 5) is 7.92. The molecule has 1 aromatic heterocycles. The molecule has 3 aromatic rings. The number of sulfonamides is 1. The second-order valence-corrected chi connectivity index (χ2v) is 7.27. The highest BCUT2D eigenvalue weighted by Gasteiger charge is 2.18. The summed E-state index contributed by atoms with van der Waals surface area (Å²) in [6.45, 7) is 1.84. The second-order valence-electron chi connectivity index (χ2n) is 5.21. The molecular weight excluding hydrogens is 362 g/mol. The van der Waals surface area contributed by atoms with Crippen LogP contribution in [0, 0.1) is 6.92 Å². The number of aryl methyl sites for hydroxylation is 1. The van der Waals surface area contributed by atoms with Crippen molar-refractivity contribution in [1.82, 2.24) is 9.97 Å². The minimum atomic E-state index is -3.82. The van der Waals surface area contributed by atoms with Gasteiger partial charge in [0.1, 0.15) is 10.6 Å². The van der Waals surface area contributed by atoms with E-state index in [1.54, 1.807) is 36.4 Å². The Kier molecular flexibility index (Phi) is 4.87. The molecule has 1 N–H and O–H groups in total. The van der Waals surface area contributed by atoms with E-state index >= 15 is 0 Å². The first-order chi connectivity index (χ1) is 11.9. The molecule has 0 fully saturated rings. The van der Waals surface area contributed by atoms with Crippen LogP contribution in [-0.4, -0.2) is 18.4 Å². The van der Waals surface area contributed by atoms with Crippen molar-refractivity contribution >= 4 is 27.3 Å². The van der Waals surface area contributed by atoms with E-state index in [4.69, 9.17) is 16.3 Å². The molecule has 0 aliphatic heterocycles. The fraction of sp³-hybridized carbons (Fsp3) is 0.0588. The molecule has 0 saturated heterocycles. The second kappa shape index (κ2) is 7.08. The predicted molar refractivity (Wildman–Crippen MR) is 95.5 cm³/mol. The van der Waals surface area contributed by atoms with E-state index in [0.29, 0.717) is 17.3 Å². The highest BCUT2D eigenvalue weighted by atomic mass is 35.5. The van der Waals surface area contributed by atoms with Crippen molar-refractivity contribution in [2.24, 2.45) is 0 Å². The van der Waals surface area contributed by atoms with Crippen molar-refractivity contribution in [3.63, 3.8) is 0 Å². The summed E-state index contributed by atoms with van der Waals surface area (Å²) in [7, 11) is -3.82. The van der Waals surface area contributed by atoms with Crippen molar-refractivity contribution in [3.05, 3.63) is 71.6 Å². The van der Waals surface area contributed by atoms with E-state index < -0.39 is 10.0 Å². The predicted octanol–water partition coefficient (Wildman–Crippen LogP) is 4.03. The topological polar surface area (TPSA) is 81.2 Å². The Morgan fingerprint density at radius 2 is 1.96 bits per heavy atom. The summed E-state index contributed by atoms with van der Waals surface area (Å²) in [5.74, 6) is 0.736. The lowest BCUT2D eigenvalue weighted by atomic mass is 10.2. The SMILES string of the molecule is Cc1ccc(S(=O)(=O)Nc2cccc(Oc3cnccn3)c2)c(Cl)c1. The van der Waals surface area contributed by atoms with E-state index in [1.807, 2.05) is 6.92 Å². The van der Waals surface area contributed by atoms with Gasteiger partial charge in [0, 0.05) is 18.5 Å². The van der Waals surface area contributed by atoms with E-state index in [9.17, 15) is 8.42 Å². The zero-order valence-electron chi connectivity index (χ0n) is 13.2. The van der Waals surface area contributed by atoms with Crippen LogP contribution in [0.3, 0.4) is 0 Å². The Balaban J connectivity index is 1.84. The van der Waals surface area contributed by atoms with E-state index in [0.717, 1.165) is 5.56 Å². The summed E-state index contributed by atoms with van der Waals surface area (Å²) in [6.07, 6.45) is 4.49. The van der Waals surface area contributed by atoms with Crippen molar-refractivity contribution in [2.45, 2.75) is 11.8 Å². The third kappa shape index (κ3) is 4.26. The maximum Gasteiger partial charge on any atom is 0.263 e. The van der Waals surface area contributed by atoms with Crippen LogP contribution in [0.25, 0.3) is 0 Å². The molecule has 25 heavy (non-hydrogen) atoms. The molecule has 8 heteroatoms. The van der Waals surface area contributed by atoms with Gasteiger partial charge in [-0.1, -0.05) is 23.7 Å². The molecule has 128 valence electrons. The van der Waals surface area contributed by atoms with Gasteiger partial charge < -0.3 is 4.74 Å². The molecule has 1 heterocycles. The smallest absolute Gasteiger partial charge is 0.263 e. The molecule has 0 unspecified atom stereocenters. The van der Waals surface area contributed by atoms with Crippen molar-refractivity contribution in [2.75, 3.05) is 4.72 Å². The number of ether oxygens (including phenoxy) is 1. The standard InChI is InChI=1S/C17H14ClN3O3S/c1-12-5-6-16(15(18)9-12)25(22,23)21-13-3-2-4-14(10-13)24-17-11-19-7-8-20-17/h2-11,21H,1H3. The van der Waals surface area contributed by atoms with Crippen LogP contribution in [0.1, 0.15) is 5.56 Å². The number of rotatable bonds is 5. The van der Waals surface area contributed by atoms with Gasteiger partial charge in [0.05, 0.1) is 16.9 Å². The summed E-state index contributed by atoms with van der Waals surface area (Å²) in [5, 5.41) is 0.166. The van der Waals surface area contributed by atoms with Crippen LogP contribution in [0.4, 0.5) is 5.69 Å². The Bertz CT molecular complexity index is 995. The summed E-state index contributed by atoms with van der Waals surface area (Å²) < 4.78 is 33.1. The van der Waals surface area contributed by atoms with Crippen molar-refractivity contribution in [1.29, 1.82) is 0 Å². The number of aromatic nitrogens is 2. The molecule has 0 amide bonds. The van der Waals surface area contributed by atoms with E-state index in [2.05, 4.69) is 14.7 Å². The Morgan fingerprint density at radius 3 is 2.68 bits per heavy atom. The lowest BCUT2D eigenvalue weighted by Gasteiger charge is -2.11. The minimum absolute atomic E-state index is 0.0139. The average Bonchev–Trinajstić information content (AvgIpc) is 2.55. The van der Waals surface area contributed by atoms with Gasteiger partial charge in [0.25, 0.3) is 10.0 Å². The van der Waals surface area contributed by atoms with Crippen LogP contribution in [0.15, 0.2) is 66.0 Å². The van der Waals surface area contributed by atoms with Gasteiger partial charge >= 0.3 is 0 Å². The maximum absolute atomic E-state index is 12.5. The molecule has 0 bridgehead atoms. The molecular formula is C17H14ClN3O3S. The molecule has 0 saturated carbocycles. The molecule has 0 aliphatic carbocycles. The van der Waals surface area contributed by atoms with Crippen LogP contribution >= 0.6 is 11.6 Å². The Hall–Kier alpha value is -2.64. The van der Waals surface area contributed by atoms with Gasteiger partial charge in [-0.15, -0.1) is 0 Å². The largest absolute Gasteiger partial charge is 0.437 e. The summed E-state index contributed by atoms with van der Waals surface area (Å²) in [5.41, 5.74) is 1.22. The van der Waals surface area contributed by atoms with Gasteiger partial charge in [0.2, 0.25) is 5.88 Å². The highest BCUT2D eigenvalue weighted by molar-refractivity contribution is 7.92. The third-order valence-electron chi connectivity index (χ3n) is 3.23. The highest BCUT2D eigenvalue weighted by Crippen LogP contribution is 2.27. The van der Waals surface area contributed by atoms with Gasteiger partial charge in [-0.25, -0.2) is 13.4 Å². The molecule has 0 aliphatic rings. The van der Waals surface area contributed by atoms with E-state index in [-0.39, 0.29) is 9.92 Å². The lowest BCUT2D eigenvalue weighted by molar-refractivity contribution is 0.460. The van der Waals surface area contributed by atoms with Crippen LogP contribution in [0.5, 0.6) is 11.6 Å². The summed E-state index contributed by atoms with van der Waals surface area (Å²) in [6, 6.07) is 11.3. The number of anilines is 1. The van der Waals surface area contributed by atoms with Crippen molar-refractivity contribution < 1.29 is 13.2 Å². The number of nitrogens with one attached hydrogen (secondary N) is 1. The van der Waals surface area contributed by atoms with Gasteiger partial charge in [-0.3, -0.25) is 9.71 Å². The van der Waals surface area contributed by atoms with Crippen LogP contribution in [-0.2, 0) is 10.0 Å². The Morgan fingerprint density at radius 1 is 1.12 bits per heavy atom. The number of hydrogen-bond donors (Lipinski definition) is 1. The normalized spacial score (nSPS) is 11.1. The monoisotopic (exact) mass is 375 g/mol. The number of nitrogens with zero attached hydrogens (tertiary/aromatic N) is 2. The Labute approximate surface area is 150 Å². The van der Waals surface area contributed by atoms with Crippen molar-refractivity contribution in [3.8, 4) is 11.6 Å². The molecule has 6 nitrogen and oxygen atoms in total. The molecule has 0 atom stereocenters. The number of halogens is 1. The van der Waals surface area contributed by atoms with E-state index in [1.165, 1.54) is 24.7 Å². The average molecular weight is 376 g/mol. The molecule has 2 aromatic carbocycles. The first-order valence-corrected chi connectivity index (χ1v) is 9.13. The molecule has 3 rings (SSSR count). The zero-order chi connectivity index (χ0) is 17.9. The number of hydrogen-bond acceptors (Lipinski definition) is 5. The van der Waals surface area contributed by atoms with Gasteiger partial charge in [0.15, 0.2) is 0 Å². The molecule has 0 radical (unpaired) electrons. The number of benzene rings is 2. The maximum atomic E-state index is 12.5. The van der Waals surface area contributed by atoms with Gasteiger partial charge in [-0.05, 0) is 36.8 Å². The fourth-order valence-corrected chi connectivity index (χ4v) is 3.77. The third-order valence-corrected chi connectivity index (χ3v) is 5.09.